The Labute approximate surface area is 169 Å². The lowest BCUT2D eigenvalue weighted by Crippen LogP contribution is -2.32. The molecule has 144 valence electrons. The summed E-state index contributed by atoms with van der Waals surface area (Å²) in [5.41, 5.74) is 1.64. The molecule has 0 unspecified atom stereocenters. The van der Waals surface area contributed by atoms with Crippen molar-refractivity contribution in [2.24, 2.45) is 0 Å². The second-order valence-corrected chi connectivity index (χ2v) is 9.49. The van der Waals surface area contributed by atoms with Gasteiger partial charge in [0.15, 0.2) is 0 Å². The lowest BCUT2D eigenvalue weighted by atomic mass is 10.2. The molecule has 1 N–H and O–H groups in total. The number of halogens is 1. The number of aryl methyl sites for hydroxylation is 1. The van der Waals surface area contributed by atoms with Crippen molar-refractivity contribution in [3.63, 3.8) is 0 Å². The van der Waals surface area contributed by atoms with E-state index in [0.717, 1.165) is 25.7 Å². The number of nitrogens with zero attached hydrogens (tertiary/aromatic N) is 1. The standard InChI is InChI=1S/C20H23BrN2O3S/c1-15-10-11-16(22-20(24)17-8-4-5-9-18(17)21)14-19(15)27(25,26)23-12-6-2-3-7-13-23/h4-5,8-11,14H,2-3,6-7,12-13H2,1H3,(H,22,24). The Morgan fingerprint density at radius 1 is 1.04 bits per heavy atom. The van der Waals surface area contributed by atoms with Gasteiger partial charge in [-0.2, -0.15) is 4.31 Å². The molecule has 0 atom stereocenters. The summed E-state index contributed by atoms with van der Waals surface area (Å²) >= 11 is 3.36. The second-order valence-electron chi connectivity index (χ2n) is 6.73. The SMILES string of the molecule is Cc1ccc(NC(=O)c2ccccc2Br)cc1S(=O)(=O)N1CCCCCC1. The third-order valence-corrected chi connectivity index (χ3v) is 7.48. The van der Waals surface area contributed by atoms with Crippen molar-refractivity contribution >= 4 is 37.5 Å². The minimum absolute atomic E-state index is 0.259. The topological polar surface area (TPSA) is 66.5 Å². The number of amides is 1. The van der Waals surface area contributed by atoms with Crippen LogP contribution in [0, 0.1) is 6.92 Å². The van der Waals surface area contributed by atoms with Crippen LogP contribution in [0.5, 0.6) is 0 Å². The van der Waals surface area contributed by atoms with Crippen molar-refractivity contribution in [1.29, 1.82) is 0 Å². The Hall–Kier alpha value is -1.70. The Bertz CT molecular complexity index is 936. The van der Waals surface area contributed by atoms with Gasteiger partial charge in [0.2, 0.25) is 10.0 Å². The van der Waals surface area contributed by atoms with Gasteiger partial charge in [-0.1, -0.05) is 31.0 Å². The zero-order valence-electron chi connectivity index (χ0n) is 15.2. The van der Waals surface area contributed by atoms with E-state index in [9.17, 15) is 13.2 Å². The van der Waals surface area contributed by atoms with Gasteiger partial charge in [0, 0.05) is 23.2 Å². The Kier molecular flexibility index (Phi) is 6.34. The third kappa shape index (κ3) is 4.59. The van der Waals surface area contributed by atoms with Crippen LogP contribution in [-0.4, -0.2) is 31.7 Å². The van der Waals surface area contributed by atoms with E-state index in [2.05, 4.69) is 21.2 Å². The van der Waals surface area contributed by atoms with Crippen molar-refractivity contribution in [1.82, 2.24) is 4.31 Å². The minimum atomic E-state index is -3.57. The number of nitrogens with one attached hydrogen (secondary N) is 1. The fourth-order valence-electron chi connectivity index (χ4n) is 3.22. The van der Waals surface area contributed by atoms with E-state index in [4.69, 9.17) is 0 Å². The molecule has 0 bridgehead atoms. The third-order valence-electron chi connectivity index (χ3n) is 4.75. The van der Waals surface area contributed by atoms with Crippen LogP contribution in [-0.2, 0) is 10.0 Å². The zero-order chi connectivity index (χ0) is 19.4. The van der Waals surface area contributed by atoms with E-state index in [1.54, 1.807) is 47.6 Å². The van der Waals surface area contributed by atoms with E-state index >= 15 is 0 Å². The first-order valence-corrected chi connectivity index (χ1v) is 11.3. The molecular formula is C20H23BrN2O3S. The van der Waals surface area contributed by atoms with Crippen LogP contribution in [0.25, 0.3) is 0 Å². The minimum Gasteiger partial charge on any atom is -0.322 e. The molecule has 7 heteroatoms. The highest BCUT2D eigenvalue weighted by Crippen LogP contribution is 2.26. The van der Waals surface area contributed by atoms with Gasteiger partial charge in [-0.3, -0.25) is 4.79 Å². The van der Waals surface area contributed by atoms with E-state index in [-0.39, 0.29) is 10.8 Å². The number of benzene rings is 2. The van der Waals surface area contributed by atoms with Crippen LogP contribution in [0.15, 0.2) is 51.8 Å². The fourth-order valence-corrected chi connectivity index (χ4v) is 5.45. The number of sulfonamides is 1. The smallest absolute Gasteiger partial charge is 0.256 e. The molecule has 1 saturated heterocycles. The molecule has 3 rings (SSSR count). The van der Waals surface area contributed by atoms with Crippen molar-refractivity contribution < 1.29 is 13.2 Å². The summed E-state index contributed by atoms with van der Waals surface area (Å²) in [6.07, 6.45) is 3.90. The van der Waals surface area contributed by atoms with Crippen molar-refractivity contribution in [2.45, 2.75) is 37.5 Å². The number of rotatable bonds is 4. The lowest BCUT2D eigenvalue weighted by Gasteiger charge is -2.21. The number of carbonyl (C=O) groups excluding carboxylic acids is 1. The maximum Gasteiger partial charge on any atom is 0.256 e. The van der Waals surface area contributed by atoms with Crippen LogP contribution in [0.3, 0.4) is 0 Å². The van der Waals surface area contributed by atoms with Gasteiger partial charge in [-0.15, -0.1) is 0 Å². The average Bonchev–Trinajstić information content (AvgIpc) is 2.93. The number of hydrogen-bond donors (Lipinski definition) is 1. The molecule has 1 aliphatic heterocycles. The van der Waals surface area contributed by atoms with E-state index in [1.807, 2.05) is 6.07 Å². The summed E-state index contributed by atoms with van der Waals surface area (Å²) in [6.45, 7) is 2.88. The lowest BCUT2D eigenvalue weighted by molar-refractivity contribution is 0.102. The van der Waals surface area contributed by atoms with Crippen molar-refractivity contribution in [3.8, 4) is 0 Å². The van der Waals surface area contributed by atoms with Crippen LogP contribution in [0.1, 0.15) is 41.6 Å². The van der Waals surface area contributed by atoms with Gasteiger partial charge in [0.1, 0.15) is 0 Å². The summed E-state index contributed by atoms with van der Waals surface area (Å²) in [7, 11) is -3.57. The van der Waals surface area contributed by atoms with Crippen LogP contribution >= 0.6 is 15.9 Å². The van der Waals surface area contributed by atoms with E-state index in [0.29, 0.717) is 34.4 Å². The molecule has 5 nitrogen and oxygen atoms in total. The van der Waals surface area contributed by atoms with Gasteiger partial charge in [0.05, 0.1) is 10.5 Å². The molecule has 1 fully saturated rings. The van der Waals surface area contributed by atoms with Crippen LogP contribution in [0.4, 0.5) is 5.69 Å². The first-order valence-electron chi connectivity index (χ1n) is 9.06. The van der Waals surface area contributed by atoms with Gasteiger partial charge in [0.25, 0.3) is 5.91 Å². The number of anilines is 1. The molecule has 0 radical (unpaired) electrons. The molecule has 0 saturated carbocycles. The summed E-state index contributed by atoms with van der Waals surface area (Å²) in [5.74, 6) is -0.288. The quantitative estimate of drug-likeness (QED) is 0.741. The first kappa shape index (κ1) is 20.0. The predicted octanol–water partition coefficient (Wildman–Crippen LogP) is 4.57. The first-order chi connectivity index (χ1) is 12.9. The molecule has 1 aliphatic rings. The molecule has 0 aliphatic carbocycles. The fraction of sp³-hybridized carbons (Fsp3) is 0.350. The molecule has 2 aromatic carbocycles. The van der Waals surface area contributed by atoms with E-state index < -0.39 is 10.0 Å². The summed E-state index contributed by atoms with van der Waals surface area (Å²) < 4.78 is 28.5. The monoisotopic (exact) mass is 450 g/mol. The summed E-state index contributed by atoms with van der Waals surface area (Å²) in [5, 5.41) is 2.80. The van der Waals surface area contributed by atoms with Crippen LogP contribution in [0.2, 0.25) is 0 Å². The Morgan fingerprint density at radius 2 is 1.70 bits per heavy atom. The van der Waals surface area contributed by atoms with Gasteiger partial charge < -0.3 is 5.32 Å². The predicted molar refractivity (Wildman–Crippen MR) is 111 cm³/mol. The van der Waals surface area contributed by atoms with Gasteiger partial charge in [-0.05, 0) is 65.5 Å². The molecule has 1 amide bonds. The van der Waals surface area contributed by atoms with Crippen molar-refractivity contribution in [3.05, 3.63) is 58.1 Å². The average molecular weight is 451 g/mol. The second kappa shape index (κ2) is 8.54. The largest absolute Gasteiger partial charge is 0.322 e. The molecule has 1 heterocycles. The number of hydrogen-bond acceptors (Lipinski definition) is 3. The summed E-state index contributed by atoms with van der Waals surface area (Å²) in [4.78, 5) is 12.8. The molecular weight excluding hydrogens is 428 g/mol. The molecule has 0 aromatic heterocycles. The van der Waals surface area contributed by atoms with Crippen molar-refractivity contribution in [2.75, 3.05) is 18.4 Å². The Balaban J connectivity index is 1.88. The Morgan fingerprint density at radius 3 is 2.37 bits per heavy atom. The highest BCUT2D eigenvalue weighted by atomic mass is 79.9. The van der Waals surface area contributed by atoms with Crippen LogP contribution < -0.4 is 5.32 Å². The summed E-state index contributed by atoms with van der Waals surface area (Å²) in [6, 6.07) is 12.1. The van der Waals surface area contributed by atoms with Gasteiger partial charge >= 0.3 is 0 Å². The van der Waals surface area contributed by atoms with E-state index in [1.165, 1.54) is 0 Å². The highest BCUT2D eigenvalue weighted by Gasteiger charge is 2.27. The maximum absolute atomic E-state index is 13.1. The molecule has 0 spiro atoms. The normalized spacial score (nSPS) is 15.9. The highest BCUT2D eigenvalue weighted by molar-refractivity contribution is 9.10. The van der Waals surface area contributed by atoms with Gasteiger partial charge in [-0.25, -0.2) is 8.42 Å². The maximum atomic E-state index is 13.1. The molecule has 27 heavy (non-hydrogen) atoms. The molecule has 2 aromatic rings. The zero-order valence-corrected chi connectivity index (χ0v) is 17.6. The number of carbonyl (C=O) groups is 1.